The summed E-state index contributed by atoms with van der Waals surface area (Å²) >= 11 is 0. The summed E-state index contributed by atoms with van der Waals surface area (Å²) in [4.78, 5) is 11.8. The minimum Gasteiger partial charge on any atom is -0.384 e. The molecule has 0 atom stereocenters. The molecule has 0 saturated carbocycles. The van der Waals surface area contributed by atoms with Crippen LogP contribution in [0.4, 0.5) is 0 Å². The van der Waals surface area contributed by atoms with Gasteiger partial charge in [-0.3, -0.25) is 0 Å². The summed E-state index contributed by atoms with van der Waals surface area (Å²) in [6.07, 6.45) is 7.60. The second-order valence-corrected chi connectivity index (χ2v) is 13.6. The van der Waals surface area contributed by atoms with Gasteiger partial charge in [-0.2, -0.15) is 0 Å². The lowest BCUT2D eigenvalue weighted by atomic mass is 10.0. The molecule has 0 spiro atoms. The summed E-state index contributed by atoms with van der Waals surface area (Å²) < 4.78 is 4.68. The first-order valence-corrected chi connectivity index (χ1v) is 17.5. The van der Waals surface area contributed by atoms with Gasteiger partial charge in [0.1, 0.15) is 18.0 Å². The summed E-state index contributed by atoms with van der Waals surface area (Å²) in [5, 5.41) is 4.78. The molecule has 0 amide bonds. The lowest BCUT2D eigenvalue weighted by molar-refractivity contribution is 0.566. The van der Waals surface area contributed by atoms with Gasteiger partial charge in [0.15, 0.2) is 0 Å². The molecule has 0 unspecified atom stereocenters. The highest BCUT2D eigenvalue weighted by Crippen LogP contribution is 2.36. The standard InChI is InChI=1S/C37H28N4.C5H10.C4H9N/c1-24-17-32-30-19-28(26-9-5-3-6-10-26)13-15-34(30)40(36(32)38-21-24)23-41-35-16-14-29(27-11-7-4-8-12-27)20-31(35)33-18-25(2)22-39-37(33)41;2*1-4-5(2)3/h3-22H,23H2,1-2H3;4-5H,1H2,2-3H3;4H,1H2,2-3H3. The Bertz CT molecular complexity index is 2270. The summed E-state index contributed by atoms with van der Waals surface area (Å²) in [5.41, 5.74) is 11.5. The van der Waals surface area contributed by atoms with Crippen molar-refractivity contribution in [2.45, 2.75) is 34.4 Å². The maximum absolute atomic E-state index is 4.96. The van der Waals surface area contributed by atoms with E-state index in [1.165, 1.54) is 54.8 Å². The number of hydrogen-bond acceptors (Lipinski definition) is 3. The predicted octanol–water partition coefficient (Wildman–Crippen LogP) is 11.7. The van der Waals surface area contributed by atoms with Crippen molar-refractivity contribution in [3.63, 3.8) is 0 Å². The van der Waals surface area contributed by atoms with Crippen molar-refractivity contribution in [3.8, 4) is 22.3 Å². The molecular weight excluding hydrogens is 623 g/mol. The Morgan fingerprint density at radius 3 is 1.33 bits per heavy atom. The molecule has 5 nitrogen and oxygen atoms in total. The smallest absolute Gasteiger partial charge is 0.142 e. The molecule has 0 saturated heterocycles. The molecular formula is C46H47N5. The van der Waals surface area contributed by atoms with Crippen molar-refractivity contribution >= 4 is 43.9 Å². The monoisotopic (exact) mass is 669 g/mol. The van der Waals surface area contributed by atoms with E-state index in [9.17, 15) is 0 Å². The van der Waals surface area contributed by atoms with Crippen molar-refractivity contribution in [2.24, 2.45) is 5.92 Å². The zero-order valence-electron chi connectivity index (χ0n) is 30.6. The van der Waals surface area contributed by atoms with Gasteiger partial charge in [-0.05, 0) is 95.7 Å². The fourth-order valence-electron chi connectivity index (χ4n) is 6.20. The van der Waals surface area contributed by atoms with Gasteiger partial charge in [0.25, 0.3) is 0 Å². The first-order chi connectivity index (χ1) is 24.7. The lowest BCUT2D eigenvalue weighted by Crippen LogP contribution is -2.09. The number of hydrogen-bond donors (Lipinski definition) is 0. The van der Waals surface area contributed by atoms with Gasteiger partial charge in [0.05, 0.1) is 11.0 Å². The Morgan fingerprint density at radius 1 is 0.588 bits per heavy atom. The Morgan fingerprint density at radius 2 is 0.980 bits per heavy atom. The highest BCUT2D eigenvalue weighted by Gasteiger charge is 2.18. The van der Waals surface area contributed by atoms with Crippen LogP contribution in [0, 0.1) is 19.8 Å². The van der Waals surface area contributed by atoms with Crippen molar-refractivity contribution in [2.75, 3.05) is 14.1 Å². The Balaban J connectivity index is 0.000000398. The third kappa shape index (κ3) is 7.48. The zero-order valence-corrected chi connectivity index (χ0v) is 30.6. The fourth-order valence-corrected chi connectivity index (χ4v) is 6.20. The third-order valence-corrected chi connectivity index (χ3v) is 9.01. The van der Waals surface area contributed by atoms with Crippen LogP contribution in [0.3, 0.4) is 0 Å². The summed E-state index contributed by atoms with van der Waals surface area (Å²) in [5.74, 6) is 0.648. The quantitative estimate of drug-likeness (QED) is 0.165. The van der Waals surface area contributed by atoms with Crippen molar-refractivity contribution < 1.29 is 0 Å². The molecule has 51 heavy (non-hydrogen) atoms. The molecule has 0 aliphatic heterocycles. The molecule has 0 N–H and O–H groups in total. The SMILES string of the molecule is C=CC(C)C.C=CN(C)C.Cc1cnc2c(c1)c1cc(-c3ccccc3)ccc1n2Cn1c2ccc(-c3ccccc3)cc2c2cc(C)cnc21. The molecule has 4 aromatic carbocycles. The van der Waals surface area contributed by atoms with Crippen molar-refractivity contribution in [3.05, 3.63) is 158 Å². The molecule has 4 aromatic heterocycles. The largest absolute Gasteiger partial charge is 0.384 e. The first kappa shape index (κ1) is 34.9. The number of rotatable bonds is 6. The summed E-state index contributed by atoms with van der Waals surface area (Å²) in [6, 6.07) is 39.2. The lowest BCUT2D eigenvalue weighted by Gasteiger charge is -2.12. The van der Waals surface area contributed by atoms with E-state index in [4.69, 9.17) is 9.97 Å². The Hall–Kier alpha value is -5.94. The van der Waals surface area contributed by atoms with Gasteiger partial charge < -0.3 is 14.0 Å². The second kappa shape index (κ2) is 15.3. The molecule has 8 aromatic rings. The first-order valence-electron chi connectivity index (χ1n) is 17.5. The molecule has 0 aliphatic carbocycles. The molecule has 0 aliphatic rings. The van der Waals surface area contributed by atoms with Crippen LogP contribution in [0.25, 0.3) is 66.1 Å². The van der Waals surface area contributed by atoms with E-state index in [1.54, 1.807) is 6.20 Å². The average molecular weight is 670 g/mol. The van der Waals surface area contributed by atoms with E-state index in [0.717, 1.165) is 22.4 Å². The average Bonchev–Trinajstić information content (AvgIpc) is 3.63. The van der Waals surface area contributed by atoms with Crippen molar-refractivity contribution in [1.29, 1.82) is 0 Å². The van der Waals surface area contributed by atoms with Gasteiger partial charge in [-0.1, -0.05) is 99.3 Å². The number of fused-ring (bicyclic) bond motifs is 6. The van der Waals surface area contributed by atoms with Gasteiger partial charge in [0.2, 0.25) is 0 Å². The Kier molecular flexibility index (Phi) is 10.5. The van der Waals surface area contributed by atoms with E-state index < -0.39 is 0 Å². The maximum atomic E-state index is 4.96. The van der Waals surface area contributed by atoms with E-state index in [1.807, 2.05) is 37.5 Å². The Labute approximate surface area is 301 Å². The van der Waals surface area contributed by atoms with Crippen LogP contribution in [0.5, 0.6) is 0 Å². The van der Waals surface area contributed by atoms with Gasteiger partial charge in [-0.15, -0.1) is 6.58 Å². The van der Waals surface area contributed by atoms with E-state index in [0.29, 0.717) is 12.6 Å². The zero-order chi connectivity index (χ0) is 36.1. The molecule has 0 fully saturated rings. The topological polar surface area (TPSA) is 38.9 Å². The predicted molar refractivity (Wildman–Crippen MR) is 219 cm³/mol. The van der Waals surface area contributed by atoms with Crippen LogP contribution in [0.2, 0.25) is 0 Å². The molecule has 0 bridgehead atoms. The van der Waals surface area contributed by atoms with Crippen LogP contribution < -0.4 is 0 Å². The minimum atomic E-state index is 0.613. The van der Waals surface area contributed by atoms with Crippen LogP contribution in [-0.4, -0.2) is 38.1 Å². The number of nitrogens with zero attached hydrogens (tertiary/aromatic N) is 5. The highest BCUT2D eigenvalue weighted by atomic mass is 15.2. The van der Waals surface area contributed by atoms with E-state index >= 15 is 0 Å². The summed E-state index contributed by atoms with van der Waals surface area (Å²) in [6.45, 7) is 16.1. The number of aromatic nitrogens is 4. The number of aryl methyl sites for hydroxylation is 2. The van der Waals surface area contributed by atoms with Gasteiger partial charge in [-0.25, -0.2) is 9.97 Å². The molecule has 8 rings (SSSR count). The number of allylic oxidation sites excluding steroid dienone is 1. The fraction of sp³-hybridized carbons (Fsp3) is 0.174. The van der Waals surface area contributed by atoms with E-state index in [-0.39, 0.29) is 0 Å². The van der Waals surface area contributed by atoms with Crippen LogP contribution in [0.15, 0.2) is 147 Å². The maximum Gasteiger partial charge on any atom is 0.142 e. The summed E-state index contributed by atoms with van der Waals surface area (Å²) in [7, 11) is 3.88. The second-order valence-electron chi connectivity index (χ2n) is 13.6. The molecule has 4 heterocycles. The molecule has 5 heteroatoms. The number of benzene rings is 4. The van der Waals surface area contributed by atoms with Crippen LogP contribution >= 0.6 is 0 Å². The third-order valence-electron chi connectivity index (χ3n) is 9.01. The molecule has 256 valence electrons. The van der Waals surface area contributed by atoms with Crippen LogP contribution in [-0.2, 0) is 6.67 Å². The molecule has 0 radical (unpaired) electrons. The van der Waals surface area contributed by atoms with Gasteiger partial charge >= 0.3 is 0 Å². The highest BCUT2D eigenvalue weighted by molar-refractivity contribution is 6.10. The van der Waals surface area contributed by atoms with E-state index in [2.05, 4.69) is 159 Å². The number of pyridine rings is 2. The van der Waals surface area contributed by atoms with Crippen LogP contribution in [0.1, 0.15) is 25.0 Å². The van der Waals surface area contributed by atoms with Crippen molar-refractivity contribution in [1.82, 2.24) is 24.0 Å². The normalized spacial score (nSPS) is 11.0. The van der Waals surface area contributed by atoms with Gasteiger partial charge in [0, 0.05) is 48.0 Å². The minimum absolute atomic E-state index is 0.613.